The van der Waals surface area contributed by atoms with Crippen molar-refractivity contribution in [1.82, 2.24) is 0 Å². The lowest BCUT2D eigenvalue weighted by atomic mass is 10.1. The fourth-order valence-corrected chi connectivity index (χ4v) is 2.51. The number of hydrogen-bond acceptors (Lipinski definition) is 2. The van der Waals surface area contributed by atoms with E-state index >= 15 is 0 Å². The highest BCUT2D eigenvalue weighted by atomic mass is 35.5. The van der Waals surface area contributed by atoms with E-state index in [1.165, 1.54) is 6.92 Å². The summed E-state index contributed by atoms with van der Waals surface area (Å²) in [6.45, 7) is 6.97. The first-order valence-corrected chi connectivity index (χ1v) is 7.32. The lowest BCUT2D eigenvalue weighted by molar-refractivity contribution is -0.114. The van der Waals surface area contributed by atoms with Crippen LogP contribution in [0.1, 0.15) is 18.1 Å². The van der Waals surface area contributed by atoms with Gasteiger partial charge in [-0.1, -0.05) is 6.07 Å². The van der Waals surface area contributed by atoms with E-state index < -0.39 is 0 Å². The summed E-state index contributed by atoms with van der Waals surface area (Å²) in [7, 11) is 0. The minimum Gasteiger partial charge on any atom is -0.369 e. The molecule has 1 aromatic carbocycles. The maximum atomic E-state index is 11.3. The molecular formula is C14H21Cl3N2O. The van der Waals surface area contributed by atoms with Crippen LogP contribution < -0.4 is 10.2 Å². The molecule has 6 heteroatoms. The Hall–Kier alpha value is -0.640. The molecule has 0 unspecified atom stereocenters. The van der Waals surface area contributed by atoms with Crippen molar-refractivity contribution in [3.05, 3.63) is 23.3 Å². The largest absolute Gasteiger partial charge is 0.369 e. The summed E-state index contributed by atoms with van der Waals surface area (Å²) in [6, 6.07) is 4.05. The predicted octanol–water partition coefficient (Wildman–Crippen LogP) is 3.97. The average Bonchev–Trinajstić information content (AvgIpc) is 2.34. The van der Waals surface area contributed by atoms with Crippen molar-refractivity contribution in [2.45, 2.75) is 20.8 Å². The SMILES string of the molecule is CC(=O)Nc1c(C)ccc(N(CCCl)CCCl)c1C.Cl. The molecule has 0 aliphatic rings. The van der Waals surface area contributed by atoms with Gasteiger partial charge in [-0.25, -0.2) is 0 Å². The smallest absolute Gasteiger partial charge is 0.221 e. The maximum Gasteiger partial charge on any atom is 0.221 e. The normalized spacial score (nSPS) is 9.85. The van der Waals surface area contributed by atoms with Gasteiger partial charge < -0.3 is 10.2 Å². The number of alkyl halides is 2. The van der Waals surface area contributed by atoms with Crippen molar-refractivity contribution in [2.24, 2.45) is 0 Å². The van der Waals surface area contributed by atoms with E-state index in [1.54, 1.807) is 0 Å². The highest BCUT2D eigenvalue weighted by Crippen LogP contribution is 2.30. The number of amides is 1. The second kappa shape index (κ2) is 9.32. The average molecular weight is 340 g/mol. The lowest BCUT2D eigenvalue weighted by Gasteiger charge is -2.26. The first-order chi connectivity index (χ1) is 9.01. The fraction of sp³-hybridized carbons (Fsp3) is 0.500. The highest BCUT2D eigenvalue weighted by Gasteiger charge is 2.13. The molecule has 0 atom stereocenters. The molecule has 3 nitrogen and oxygen atoms in total. The van der Waals surface area contributed by atoms with Gasteiger partial charge in [-0.3, -0.25) is 4.79 Å². The Morgan fingerprint density at radius 3 is 2.20 bits per heavy atom. The number of nitrogens with zero attached hydrogens (tertiary/aromatic N) is 1. The van der Waals surface area contributed by atoms with Gasteiger partial charge in [0.2, 0.25) is 5.91 Å². The van der Waals surface area contributed by atoms with Gasteiger partial charge in [0.25, 0.3) is 0 Å². The molecule has 0 saturated carbocycles. The Morgan fingerprint density at radius 2 is 1.75 bits per heavy atom. The number of halogens is 3. The molecule has 0 aliphatic carbocycles. The highest BCUT2D eigenvalue weighted by molar-refractivity contribution is 6.18. The van der Waals surface area contributed by atoms with Gasteiger partial charge in [-0.05, 0) is 31.0 Å². The Kier molecular flexibility index (Phi) is 9.03. The summed E-state index contributed by atoms with van der Waals surface area (Å²) >= 11 is 11.7. The number of aryl methyl sites for hydroxylation is 1. The lowest BCUT2D eigenvalue weighted by Crippen LogP contribution is -2.28. The van der Waals surface area contributed by atoms with E-state index in [0.717, 1.165) is 35.6 Å². The van der Waals surface area contributed by atoms with Gasteiger partial charge in [-0.15, -0.1) is 35.6 Å². The zero-order chi connectivity index (χ0) is 14.4. The number of carbonyl (C=O) groups is 1. The summed E-state index contributed by atoms with van der Waals surface area (Å²) in [4.78, 5) is 13.4. The van der Waals surface area contributed by atoms with E-state index in [2.05, 4.69) is 16.3 Å². The standard InChI is InChI=1S/C14H20Cl2N2O.ClH/c1-10-4-5-13(18(8-6-15)9-7-16)11(2)14(10)17-12(3)19;/h4-5H,6-9H2,1-3H3,(H,17,19);1H. The van der Waals surface area contributed by atoms with Gasteiger partial charge >= 0.3 is 0 Å². The summed E-state index contributed by atoms with van der Waals surface area (Å²) < 4.78 is 0. The van der Waals surface area contributed by atoms with Crippen LogP contribution in [0.2, 0.25) is 0 Å². The van der Waals surface area contributed by atoms with E-state index in [9.17, 15) is 4.79 Å². The van der Waals surface area contributed by atoms with Gasteiger partial charge in [0, 0.05) is 43.1 Å². The number of carbonyl (C=O) groups excluding carboxylic acids is 1. The third kappa shape index (κ3) is 5.04. The third-order valence-corrected chi connectivity index (χ3v) is 3.33. The third-order valence-electron chi connectivity index (χ3n) is 3.00. The van der Waals surface area contributed by atoms with Crippen LogP contribution in [0.5, 0.6) is 0 Å². The molecule has 0 aromatic heterocycles. The van der Waals surface area contributed by atoms with Crippen molar-refractivity contribution in [3.8, 4) is 0 Å². The van der Waals surface area contributed by atoms with Crippen molar-refractivity contribution in [1.29, 1.82) is 0 Å². The first kappa shape index (κ1) is 19.4. The Bertz CT molecular complexity index is 446. The topological polar surface area (TPSA) is 32.3 Å². The summed E-state index contributed by atoms with van der Waals surface area (Å²) in [5, 5.41) is 2.89. The van der Waals surface area contributed by atoms with Gasteiger partial charge in [-0.2, -0.15) is 0 Å². The molecule has 0 bridgehead atoms. The predicted molar refractivity (Wildman–Crippen MR) is 91.1 cm³/mol. The second-order valence-electron chi connectivity index (χ2n) is 4.45. The molecule has 0 spiro atoms. The molecular weight excluding hydrogens is 319 g/mol. The van der Waals surface area contributed by atoms with E-state index in [4.69, 9.17) is 23.2 Å². The molecule has 0 saturated heterocycles. The van der Waals surface area contributed by atoms with Crippen LogP contribution in [-0.4, -0.2) is 30.8 Å². The minimum atomic E-state index is -0.0652. The Balaban J connectivity index is 0.00000361. The Labute approximate surface area is 137 Å². The molecule has 1 amide bonds. The molecule has 114 valence electrons. The van der Waals surface area contributed by atoms with Crippen LogP contribution in [0, 0.1) is 13.8 Å². The number of anilines is 2. The maximum absolute atomic E-state index is 11.3. The van der Waals surface area contributed by atoms with Gasteiger partial charge in [0.15, 0.2) is 0 Å². The van der Waals surface area contributed by atoms with Crippen LogP contribution in [0.3, 0.4) is 0 Å². The summed E-state index contributed by atoms with van der Waals surface area (Å²) in [5.41, 5.74) is 4.04. The minimum absolute atomic E-state index is 0. The Morgan fingerprint density at radius 1 is 1.20 bits per heavy atom. The zero-order valence-corrected chi connectivity index (χ0v) is 14.3. The molecule has 0 fully saturated rings. The number of benzene rings is 1. The molecule has 1 N–H and O–H groups in total. The van der Waals surface area contributed by atoms with Crippen molar-refractivity contribution in [2.75, 3.05) is 35.1 Å². The second-order valence-corrected chi connectivity index (χ2v) is 5.20. The summed E-state index contributed by atoms with van der Waals surface area (Å²) in [5.74, 6) is 1.02. The monoisotopic (exact) mass is 338 g/mol. The van der Waals surface area contributed by atoms with Crippen molar-refractivity contribution in [3.63, 3.8) is 0 Å². The molecule has 20 heavy (non-hydrogen) atoms. The molecule has 1 aromatic rings. The van der Waals surface area contributed by atoms with Crippen LogP contribution in [0.15, 0.2) is 12.1 Å². The quantitative estimate of drug-likeness (QED) is 0.795. The molecule has 0 radical (unpaired) electrons. The zero-order valence-electron chi connectivity index (χ0n) is 12.0. The van der Waals surface area contributed by atoms with Crippen LogP contribution >= 0.6 is 35.6 Å². The van der Waals surface area contributed by atoms with Crippen LogP contribution in [0.25, 0.3) is 0 Å². The molecule has 0 aliphatic heterocycles. The van der Waals surface area contributed by atoms with E-state index in [1.807, 2.05) is 19.9 Å². The van der Waals surface area contributed by atoms with Crippen LogP contribution in [-0.2, 0) is 4.79 Å². The number of hydrogen-bond donors (Lipinski definition) is 1. The fourth-order valence-electron chi connectivity index (χ4n) is 2.10. The summed E-state index contributed by atoms with van der Waals surface area (Å²) in [6.07, 6.45) is 0. The van der Waals surface area contributed by atoms with Gasteiger partial charge in [0.05, 0.1) is 0 Å². The van der Waals surface area contributed by atoms with E-state index in [0.29, 0.717) is 11.8 Å². The molecule has 1 rings (SSSR count). The van der Waals surface area contributed by atoms with E-state index in [-0.39, 0.29) is 18.3 Å². The van der Waals surface area contributed by atoms with Crippen molar-refractivity contribution < 1.29 is 4.79 Å². The molecule has 0 heterocycles. The number of nitrogens with one attached hydrogen (secondary N) is 1. The van der Waals surface area contributed by atoms with Crippen LogP contribution in [0.4, 0.5) is 11.4 Å². The van der Waals surface area contributed by atoms with Gasteiger partial charge in [0.1, 0.15) is 0 Å². The number of rotatable bonds is 6. The van der Waals surface area contributed by atoms with Crippen molar-refractivity contribution >= 4 is 52.9 Å². The first-order valence-electron chi connectivity index (χ1n) is 6.26.